The summed E-state index contributed by atoms with van der Waals surface area (Å²) in [6.45, 7) is 0.280. The summed E-state index contributed by atoms with van der Waals surface area (Å²) < 4.78 is 11.5. The Kier molecular flexibility index (Phi) is 3.93. The topological polar surface area (TPSA) is 35.5 Å². The normalized spacial score (nSPS) is 21.9. The third-order valence-electron chi connectivity index (χ3n) is 5.57. The van der Waals surface area contributed by atoms with Crippen LogP contribution in [0.15, 0.2) is 78.9 Å². The Morgan fingerprint density at radius 2 is 1.67 bits per heavy atom. The van der Waals surface area contributed by atoms with E-state index in [1.165, 1.54) is 11.1 Å². The molecular formula is C24H20O3. The van der Waals surface area contributed by atoms with Crippen molar-refractivity contribution in [2.24, 2.45) is 11.8 Å². The quantitative estimate of drug-likeness (QED) is 0.596. The third kappa shape index (κ3) is 3.10. The molecular weight excluding hydrogens is 336 g/mol. The maximum atomic E-state index is 12.5. The molecule has 0 spiro atoms. The van der Waals surface area contributed by atoms with Crippen molar-refractivity contribution in [2.75, 3.05) is 0 Å². The van der Waals surface area contributed by atoms with Crippen LogP contribution in [0.5, 0.6) is 11.5 Å². The first-order valence-electron chi connectivity index (χ1n) is 9.36. The summed E-state index contributed by atoms with van der Waals surface area (Å²) in [5.74, 6) is 2.28. The minimum atomic E-state index is -0.0751. The highest BCUT2D eigenvalue weighted by Gasteiger charge is 2.60. The Bertz CT molecular complexity index is 980. The van der Waals surface area contributed by atoms with Crippen LogP contribution in [0, 0.1) is 11.8 Å². The highest BCUT2D eigenvalue weighted by Crippen LogP contribution is 2.61. The van der Waals surface area contributed by atoms with Crippen molar-refractivity contribution in [2.45, 2.75) is 18.9 Å². The van der Waals surface area contributed by atoms with Gasteiger partial charge in [0.2, 0.25) is 0 Å². The van der Waals surface area contributed by atoms with Gasteiger partial charge >= 0.3 is 5.97 Å². The number of para-hydroxylation sites is 1. The molecule has 27 heavy (non-hydrogen) atoms. The molecule has 2 aliphatic carbocycles. The smallest absolute Gasteiger partial charge is 0.310 e. The maximum Gasteiger partial charge on any atom is 0.310 e. The van der Waals surface area contributed by atoms with Gasteiger partial charge in [0.1, 0.15) is 18.1 Å². The van der Waals surface area contributed by atoms with E-state index in [-0.39, 0.29) is 18.5 Å². The number of rotatable bonds is 5. The number of ether oxygens (including phenoxy) is 2. The van der Waals surface area contributed by atoms with Gasteiger partial charge in [-0.1, -0.05) is 54.6 Å². The van der Waals surface area contributed by atoms with E-state index in [1.807, 2.05) is 54.6 Å². The maximum absolute atomic E-state index is 12.5. The zero-order chi connectivity index (χ0) is 18.2. The van der Waals surface area contributed by atoms with Gasteiger partial charge in [0, 0.05) is 5.92 Å². The second-order valence-corrected chi connectivity index (χ2v) is 7.29. The Hall–Kier alpha value is -3.07. The molecule has 1 saturated carbocycles. The molecule has 1 fully saturated rings. The Balaban J connectivity index is 1.20. The molecule has 0 N–H and O–H groups in total. The fourth-order valence-electron chi connectivity index (χ4n) is 4.25. The lowest BCUT2D eigenvalue weighted by Gasteiger charge is -2.10. The Morgan fingerprint density at radius 3 is 2.56 bits per heavy atom. The number of carbonyl (C=O) groups is 1. The van der Waals surface area contributed by atoms with Crippen molar-refractivity contribution in [1.29, 1.82) is 0 Å². The molecule has 0 unspecified atom stereocenters. The number of hydrogen-bond donors (Lipinski definition) is 0. The first-order valence-corrected chi connectivity index (χ1v) is 9.36. The van der Waals surface area contributed by atoms with Crippen molar-refractivity contribution in [3.63, 3.8) is 0 Å². The van der Waals surface area contributed by atoms with Gasteiger partial charge in [0.15, 0.2) is 0 Å². The lowest BCUT2D eigenvalue weighted by atomic mass is 10.0. The van der Waals surface area contributed by atoms with Gasteiger partial charge in [0.05, 0.1) is 5.92 Å². The van der Waals surface area contributed by atoms with Crippen molar-refractivity contribution in [3.8, 4) is 11.5 Å². The molecule has 5 rings (SSSR count). The van der Waals surface area contributed by atoms with Gasteiger partial charge in [-0.2, -0.15) is 0 Å². The van der Waals surface area contributed by atoms with E-state index in [0.717, 1.165) is 23.5 Å². The van der Waals surface area contributed by atoms with Crippen LogP contribution in [0.1, 0.15) is 22.6 Å². The average Bonchev–Trinajstić information content (AvgIpc) is 3.29. The fourth-order valence-corrected chi connectivity index (χ4v) is 4.25. The predicted octanol–water partition coefficient (Wildman–Crippen LogP) is 5.11. The highest BCUT2D eigenvalue weighted by atomic mass is 16.5. The molecule has 0 amide bonds. The van der Waals surface area contributed by atoms with Gasteiger partial charge in [-0.25, -0.2) is 0 Å². The molecule has 2 aliphatic rings. The molecule has 3 heteroatoms. The molecule has 3 aromatic carbocycles. The molecule has 3 nitrogen and oxygen atoms in total. The summed E-state index contributed by atoms with van der Waals surface area (Å²) in [7, 11) is 0. The Morgan fingerprint density at radius 1 is 0.889 bits per heavy atom. The first kappa shape index (κ1) is 16.1. The van der Waals surface area contributed by atoms with Crippen molar-refractivity contribution < 1.29 is 14.3 Å². The Labute approximate surface area is 158 Å². The minimum absolute atomic E-state index is 0.0312. The van der Waals surface area contributed by atoms with Crippen molar-refractivity contribution in [1.82, 2.24) is 0 Å². The molecule has 0 radical (unpaired) electrons. The van der Waals surface area contributed by atoms with Gasteiger partial charge < -0.3 is 9.47 Å². The number of benzene rings is 3. The summed E-state index contributed by atoms with van der Waals surface area (Å²) in [5.41, 5.74) is 3.66. The molecule has 3 atom stereocenters. The van der Waals surface area contributed by atoms with E-state index in [9.17, 15) is 4.79 Å². The van der Waals surface area contributed by atoms with Crippen LogP contribution in [0.25, 0.3) is 0 Å². The highest BCUT2D eigenvalue weighted by molar-refractivity contribution is 5.79. The van der Waals surface area contributed by atoms with Gasteiger partial charge in [-0.3, -0.25) is 4.79 Å². The standard InChI is InChI=1S/C24H20O3/c25-24(23-21-14-17-8-4-5-12-20(17)22(21)23)26-15-16-7-6-11-19(13-16)27-18-9-2-1-3-10-18/h1-13,21-23H,14-15H2/t21-,22+,23+/m1/s1. The van der Waals surface area contributed by atoms with Crippen molar-refractivity contribution >= 4 is 5.97 Å². The van der Waals surface area contributed by atoms with Gasteiger partial charge in [-0.15, -0.1) is 0 Å². The predicted molar refractivity (Wildman–Crippen MR) is 103 cm³/mol. The van der Waals surface area contributed by atoms with Crippen molar-refractivity contribution in [3.05, 3.63) is 95.6 Å². The molecule has 0 bridgehead atoms. The second-order valence-electron chi connectivity index (χ2n) is 7.29. The lowest BCUT2D eigenvalue weighted by Crippen LogP contribution is -2.11. The lowest BCUT2D eigenvalue weighted by molar-refractivity contribution is -0.147. The summed E-state index contributed by atoms with van der Waals surface area (Å²) >= 11 is 0. The van der Waals surface area contributed by atoms with E-state index in [0.29, 0.717) is 11.8 Å². The van der Waals surface area contributed by atoms with Crippen LogP contribution < -0.4 is 4.74 Å². The van der Waals surface area contributed by atoms with Crippen LogP contribution in [-0.2, 0) is 22.6 Å². The summed E-state index contributed by atoms with van der Waals surface area (Å²) in [4.78, 5) is 12.5. The molecule has 134 valence electrons. The monoisotopic (exact) mass is 356 g/mol. The van der Waals surface area contributed by atoms with E-state index in [4.69, 9.17) is 9.47 Å². The third-order valence-corrected chi connectivity index (χ3v) is 5.57. The molecule has 3 aromatic rings. The van der Waals surface area contributed by atoms with Crippen LogP contribution in [-0.4, -0.2) is 5.97 Å². The van der Waals surface area contributed by atoms with E-state index < -0.39 is 0 Å². The summed E-state index contributed by atoms with van der Waals surface area (Å²) in [6, 6.07) is 25.8. The largest absolute Gasteiger partial charge is 0.461 e. The van der Waals surface area contributed by atoms with Crippen LogP contribution in [0.4, 0.5) is 0 Å². The fraction of sp³-hybridized carbons (Fsp3) is 0.208. The van der Waals surface area contributed by atoms with Gasteiger partial charge in [-0.05, 0) is 53.3 Å². The van der Waals surface area contributed by atoms with Crippen LogP contribution in [0.2, 0.25) is 0 Å². The first-order chi connectivity index (χ1) is 13.3. The summed E-state index contributed by atoms with van der Waals surface area (Å²) in [5, 5.41) is 0. The number of carbonyl (C=O) groups excluding carboxylic acids is 1. The summed E-state index contributed by atoms with van der Waals surface area (Å²) in [6.07, 6.45) is 1.00. The van der Waals surface area contributed by atoms with Crippen LogP contribution >= 0.6 is 0 Å². The molecule has 0 aliphatic heterocycles. The van der Waals surface area contributed by atoms with Gasteiger partial charge in [0.25, 0.3) is 0 Å². The zero-order valence-electron chi connectivity index (χ0n) is 14.9. The minimum Gasteiger partial charge on any atom is -0.461 e. The SMILES string of the molecule is O=C(OCc1cccc(Oc2ccccc2)c1)[C@H]1[C@@H]2Cc3ccccc3[C@@H]21. The number of esters is 1. The number of fused-ring (bicyclic) bond motifs is 3. The van der Waals surface area contributed by atoms with E-state index in [2.05, 4.69) is 24.3 Å². The van der Waals surface area contributed by atoms with E-state index in [1.54, 1.807) is 0 Å². The van der Waals surface area contributed by atoms with E-state index >= 15 is 0 Å². The average molecular weight is 356 g/mol. The second kappa shape index (κ2) is 6.58. The van der Waals surface area contributed by atoms with Crippen LogP contribution in [0.3, 0.4) is 0 Å². The number of hydrogen-bond acceptors (Lipinski definition) is 3. The molecule has 0 heterocycles. The molecule has 0 aromatic heterocycles. The zero-order valence-corrected chi connectivity index (χ0v) is 14.9. The molecule has 0 saturated heterocycles.